The summed E-state index contributed by atoms with van der Waals surface area (Å²) >= 11 is 0. The minimum atomic E-state index is 0.709. The van der Waals surface area contributed by atoms with E-state index in [0.717, 1.165) is 22.7 Å². The summed E-state index contributed by atoms with van der Waals surface area (Å²) in [6, 6.07) is 3.72. The van der Waals surface area contributed by atoms with Crippen LogP contribution in [-0.4, -0.2) is 0 Å². The molecule has 0 atom stereocenters. The van der Waals surface area contributed by atoms with Crippen molar-refractivity contribution in [2.45, 2.75) is 13.8 Å². The van der Waals surface area contributed by atoms with Crippen LogP contribution in [0, 0.1) is 13.8 Å². The van der Waals surface area contributed by atoms with Crippen molar-refractivity contribution in [2.75, 3.05) is 0 Å². The van der Waals surface area contributed by atoms with E-state index in [2.05, 4.69) is 0 Å². The maximum atomic E-state index is 5.51. The Balaban J connectivity index is 2.56. The highest BCUT2D eigenvalue weighted by molar-refractivity contribution is 5.97. The van der Waals surface area contributed by atoms with Crippen molar-refractivity contribution in [1.82, 2.24) is 0 Å². The third-order valence-corrected chi connectivity index (χ3v) is 2.07. The molecule has 3 aromatic heterocycles. The van der Waals surface area contributed by atoms with Crippen LogP contribution in [0.4, 0.5) is 0 Å². The molecule has 0 N–H and O–H groups in total. The molecule has 13 heavy (non-hydrogen) atoms. The molecule has 3 rings (SSSR count). The predicted molar refractivity (Wildman–Crippen MR) is 47.7 cm³/mol. The molecule has 66 valence electrons. The molecule has 0 aromatic carbocycles. The molecule has 0 fully saturated rings. The Morgan fingerprint density at radius 2 is 1.23 bits per heavy atom. The first kappa shape index (κ1) is 6.83. The molecule has 0 spiro atoms. The van der Waals surface area contributed by atoms with E-state index in [1.54, 1.807) is 0 Å². The fraction of sp³-hybridized carbons (Fsp3) is 0.200. The van der Waals surface area contributed by atoms with Gasteiger partial charge in [0, 0.05) is 12.1 Å². The normalized spacial score (nSPS) is 11.8. The molecule has 3 aromatic rings. The highest BCUT2D eigenvalue weighted by atomic mass is 16.4. The minimum absolute atomic E-state index is 0.709. The summed E-state index contributed by atoms with van der Waals surface area (Å²) < 4.78 is 16.4. The minimum Gasteiger partial charge on any atom is -0.454 e. The molecule has 0 unspecified atom stereocenters. The maximum Gasteiger partial charge on any atom is 0.215 e. The number of aryl methyl sites for hydroxylation is 2. The summed E-state index contributed by atoms with van der Waals surface area (Å²) in [5.74, 6) is 1.68. The zero-order valence-corrected chi connectivity index (χ0v) is 7.38. The van der Waals surface area contributed by atoms with Crippen molar-refractivity contribution in [3.8, 4) is 0 Å². The molecule has 0 aliphatic heterocycles. The number of furan rings is 3. The largest absolute Gasteiger partial charge is 0.454 e. The lowest BCUT2D eigenvalue weighted by atomic mass is 10.4. The van der Waals surface area contributed by atoms with E-state index in [1.807, 2.05) is 26.0 Å². The maximum absolute atomic E-state index is 5.51. The first-order valence-electron chi connectivity index (χ1n) is 4.13. The van der Waals surface area contributed by atoms with Gasteiger partial charge in [0.25, 0.3) is 0 Å². The summed E-state index contributed by atoms with van der Waals surface area (Å²) in [6.07, 6.45) is 0. The van der Waals surface area contributed by atoms with E-state index in [0.29, 0.717) is 11.2 Å². The van der Waals surface area contributed by atoms with Gasteiger partial charge in [-0.3, -0.25) is 0 Å². The SMILES string of the molecule is Cc1cc2oc3cc(C)oc3c2o1. The van der Waals surface area contributed by atoms with Crippen LogP contribution in [0.15, 0.2) is 25.4 Å². The van der Waals surface area contributed by atoms with Gasteiger partial charge in [0.15, 0.2) is 11.2 Å². The van der Waals surface area contributed by atoms with Crippen molar-refractivity contribution in [2.24, 2.45) is 0 Å². The van der Waals surface area contributed by atoms with E-state index >= 15 is 0 Å². The topological polar surface area (TPSA) is 39.4 Å². The van der Waals surface area contributed by atoms with Crippen molar-refractivity contribution in [1.29, 1.82) is 0 Å². The van der Waals surface area contributed by atoms with Gasteiger partial charge in [0.1, 0.15) is 11.5 Å². The predicted octanol–water partition coefficient (Wildman–Crippen LogP) is 3.39. The third-order valence-electron chi connectivity index (χ3n) is 2.07. The smallest absolute Gasteiger partial charge is 0.215 e. The second-order valence-electron chi connectivity index (χ2n) is 3.20. The molecule has 3 heteroatoms. The third kappa shape index (κ3) is 0.786. The highest BCUT2D eigenvalue weighted by Crippen LogP contribution is 2.32. The van der Waals surface area contributed by atoms with Crippen molar-refractivity contribution < 1.29 is 13.3 Å². The summed E-state index contributed by atoms with van der Waals surface area (Å²) in [7, 11) is 0. The second kappa shape index (κ2) is 1.99. The van der Waals surface area contributed by atoms with E-state index in [1.165, 1.54) is 0 Å². The van der Waals surface area contributed by atoms with E-state index < -0.39 is 0 Å². The molecular formula is C10H8O3. The Morgan fingerprint density at radius 3 is 1.69 bits per heavy atom. The van der Waals surface area contributed by atoms with Crippen LogP contribution in [0.3, 0.4) is 0 Å². The van der Waals surface area contributed by atoms with Gasteiger partial charge < -0.3 is 13.3 Å². The first-order chi connectivity index (χ1) is 6.24. The Kier molecular flexibility index (Phi) is 1.05. The molecule has 0 saturated carbocycles. The molecule has 0 aliphatic rings. The number of rotatable bonds is 0. The van der Waals surface area contributed by atoms with Gasteiger partial charge in [-0.2, -0.15) is 0 Å². The Bertz CT molecular complexity index is 529. The molecule has 0 amide bonds. The van der Waals surface area contributed by atoms with E-state index in [-0.39, 0.29) is 0 Å². The average molecular weight is 176 g/mol. The zero-order valence-electron chi connectivity index (χ0n) is 7.38. The van der Waals surface area contributed by atoms with Crippen LogP contribution >= 0.6 is 0 Å². The van der Waals surface area contributed by atoms with Gasteiger partial charge in [-0.05, 0) is 13.8 Å². The standard InChI is InChI=1S/C10H8O3/c1-5-3-7-9(11-5)10-8(13-7)4-6(2)12-10/h3-4H,1-2H3. The summed E-state index contributed by atoms with van der Waals surface area (Å²) in [4.78, 5) is 0. The summed E-state index contributed by atoms with van der Waals surface area (Å²) in [5.41, 5.74) is 2.93. The van der Waals surface area contributed by atoms with Crippen LogP contribution < -0.4 is 0 Å². The Hall–Kier alpha value is -1.64. The van der Waals surface area contributed by atoms with Gasteiger partial charge in [-0.25, -0.2) is 0 Å². The van der Waals surface area contributed by atoms with Crippen molar-refractivity contribution in [3.05, 3.63) is 23.7 Å². The van der Waals surface area contributed by atoms with Gasteiger partial charge >= 0.3 is 0 Å². The Labute approximate surface area is 73.9 Å². The molecule has 0 saturated heterocycles. The second-order valence-corrected chi connectivity index (χ2v) is 3.20. The molecule has 0 aliphatic carbocycles. The van der Waals surface area contributed by atoms with E-state index in [9.17, 15) is 0 Å². The summed E-state index contributed by atoms with van der Waals surface area (Å²) in [6.45, 7) is 3.77. The highest BCUT2D eigenvalue weighted by Gasteiger charge is 2.15. The molecule has 0 bridgehead atoms. The van der Waals surface area contributed by atoms with Crippen LogP contribution in [0.5, 0.6) is 0 Å². The van der Waals surface area contributed by atoms with Crippen molar-refractivity contribution in [3.63, 3.8) is 0 Å². The van der Waals surface area contributed by atoms with Gasteiger partial charge in [0.05, 0.1) is 0 Å². The first-order valence-corrected chi connectivity index (χ1v) is 4.13. The van der Waals surface area contributed by atoms with Crippen LogP contribution in [0.1, 0.15) is 11.5 Å². The van der Waals surface area contributed by atoms with Gasteiger partial charge in [-0.1, -0.05) is 0 Å². The van der Waals surface area contributed by atoms with Crippen molar-refractivity contribution >= 4 is 22.3 Å². The van der Waals surface area contributed by atoms with Crippen LogP contribution in [0.2, 0.25) is 0 Å². The number of hydrogen-bond acceptors (Lipinski definition) is 3. The fourth-order valence-electron chi connectivity index (χ4n) is 1.57. The van der Waals surface area contributed by atoms with Gasteiger partial charge in [0.2, 0.25) is 11.2 Å². The molecule has 0 radical (unpaired) electrons. The number of hydrogen-bond donors (Lipinski definition) is 0. The van der Waals surface area contributed by atoms with Crippen LogP contribution in [-0.2, 0) is 0 Å². The number of fused-ring (bicyclic) bond motifs is 3. The lowest BCUT2D eigenvalue weighted by Gasteiger charge is -1.78. The quantitative estimate of drug-likeness (QED) is 0.527. The molecule has 3 heterocycles. The fourth-order valence-corrected chi connectivity index (χ4v) is 1.57. The average Bonchev–Trinajstić information content (AvgIpc) is 2.60. The van der Waals surface area contributed by atoms with Crippen LogP contribution in [0.25, 0.3) is 22.3 Å². The van der Waals surface area contributed by atoms with E-state index in [4.69, 9.17) is 13.3 Å². The lowest BCUT2D eigenvalue weighted by molar-refractivity contribution is 0.548. The lowest BCUT2D eigenvalue weighted by Crippen LogP contribution is -1.54. The van der Waals surface area contributed by atoms with Gasteiger partial charge in [-0.15, -0.1) is 0 Å². The zero-order chi connectivity index (χ0) is 9.00. The summed E-state index contributed by atoms with van der Waals surface area (Å²) in [5, 5.41) is 0. The molecule has 3 nitrogen and oxygen atoms in total. The monoisotopic (exact) mass is 176 g/mol. The molecular weight excluding hydrogens is 168 g/mol. The Morgan fingerprint density at radius 1 is 0.769 bits per heavy atom.